The molecule has 0 bridgehead atoms. The maximum atomic E-state index is 2.29. The predicted molar refractivity (Wildman–Crippen MR) is 74.1 cm³/mol. The van der Waals surface area contributed by atoms with Gasteiger partial charge in [0.25, 0.3) is 0 Å². The van der Waals surface area contributed by atoms with Crippen molar-refractivity contribution in [3.63, 3.8) is 0 Å². The minimum absolute atomic E-state index is 0.612. The number of hydrogen-bond donors (Lipinski definition) is 0. The minimum atomic E-state index is 0.612. The van der Waals surface area contributed by atoms with Crippen LogP contribution in [0.5, 0.6) is 0 Å². The molecule has 2 aromatic carbocycles. The average molecular weight is 214 g/mol. The Kier molecular flexibility index (Phi) is 4.54. The Morgan fingerprint density at radius 2 is 1.38 bits per heavy atom. The summed E-state index contributed by atoms with van der Waals surface area (Å²) in [5.74, 6) is 0.612. The van der Waals surface area contributed by atoms with E-state index in [1.807, 2.05) is 13.8 Å². The van der Waals surface area contributed by atoms with Crippen LogP contribution in [0.25, 0.3) is 10.8 Å². The van der Waals surface area contributed by atoms with Gasteiger partial charge >= 0.3 is 0 Å². The lowest BCUT2D eigenvalue weighted by molar-refractivity contribution is 0.869. The van der Waals surface area contributed by atoms with Gasteiger partial charge in [-0.15, -0.1) is 0 Å². The van der Waals surface area contributed by atoms with Gasteiger partial charge in [0.2, 0.25) is 0 Å². The molecule has 0 N–H and O–H groups in total. The van der Waals surface area contributed by atoms with E-state index in [4.69, 9.17) is 0 Å². The van der Waals surface area contributed by atoms with Gasteiger partial charge in [0, 0.05) is 0 Å². The third kappa shape index (κ3) is 2.85. The molecule has 0 aliphatic carbocycles. The van der Waals surface area contributed by atoms with E-state index in [9.17, 15) is 0 Å². The molecule has 0 amide bonds. The van der Waals surface area contributed by atoms with Crippen LogP contribution in [-0.4, -0.2) is 0 Å². The zero-order valence-corrected chi connectivity index (χ0v) is 11.0. The molecular weight excluding hydrogens is 192 g/mol. The normalized spacial score (nSPS) is 10.1. The molecular formula is C16H22. The number of aryl methyl sites for hydroxylation is 1. The molecule has 0 saturated heterocycles. The number of rotatable bonds is 1. The summed E-state index contributed by atoms with van der Waals surface area (Å²) in [5.41, 5.74) is 2.75. The fraction of sp³-hybridized carbons (Fsp3) is 0.375. The summed E-state index contributed by atoms with van der Waals surface area (Å²) in [5, 5.41) is 2.69. The lowest BCUT2D eigenvalue weighted by atomic mass is 9.98. The van der Waals surface area contributed by atoms with E-state index in [1.54, 1.807) is 0 Å². The maximum absolute atomic E-state index is 2.29. The van der Waals surface area contributed by atoms with Crippen molar-refractivity contribution in [1.29, 1.82) is 0 Å². The van der Waals surface area contributed by atoms with Gasteiger partial charge in [0.1, 0.15) is 0 Å². The summed E-state index contributed by atoms with van der Waals surface area (Å²) in [6.45, 7) is 10.6. The molecule has 0 nitrogen and oxygen atoms in total. The minimum Gasteiger partial charge on any atom is -0.0683 e. The van der Waals surface area contributed by atoms with Gasteiger partial charge in [-0.25, -0.2) is 0 Å². The molecule has 2 aromatic rings. The molecule has 0 radical (unpaired) electrons. The highest BCUT2D eigenvalue weighted by Gasteiger charge is 2.00. The Morgan fingerprint density at radius 1 is 0.812 bits per heavy atom. The summed E-state index contributed by atoms with van der Waals surface area (Å²) >= 11 is 0. The number of fused-ring (bicyclic) bond motifs is 1. The van der Waals surface area contributed by atoms with Crippen LogP contribution in [0.1, 0.15) is 44.7 Å². The van der Waals surface area contributed by atoms with Gasteiger partial charge in [0.05, 0.1) is 0 Å². The Balaban J connectivity index is 0.000000606. The SMILES string of the molecule is CC.Cc1ccc2cc(C(C)C)ccc2c1. The van der Waals surface area contributed by atoms with E-state index >= 15 is 0 Å². The van der Waals surface area contributed by atoms with Gasteiger partial charge in [-0.2, -0.15) is 0 Å². The molecule has 0 aromatic heterocycles. The summed E-state index contributed by atoms with van der Waals surface area (Å²) in [4.78, 5) is 0. The monoisotopic (exact) mass is 214 g/mol. The van der Waals surface area contributed by atoms with Crippen molar-refractivity contribution in [2.75, 3.05) is 0 Å². The number of hydrogen-bond acceptors (Lipinski definition) is 0. The topological polar surface area (TPSA) is 0 Å². The summed E-state index contributed by atoms with van der Waals surface area (Å²) in [6, 6.07) is 13.4. The molecule has 0 fully saturated rings. The van der Waals surface area contributed by atoms with E-state index in [1.165, 1.54) is 21.9 Å². The standard InChI is InChI=1S/C14H16.C2H6/c1-10(2)12-6-7-13-8-11(3)4-5-14(13)9-12;1-2/h4-10H,1-3H3;1-2H3. The first-order chi connectivity index (χ1) is 7.66. The fourth-order valence-corrected chi connectivity index (χ4v) is 1.74. The second kappa shape index (κ2) is 5.69. The van der Waals surface area contributed by atoms with Crippen LogP contribution in [0, 0.1) is 6.92 Å². The Bertz CT molecular complexity index is 453. The van der Waals surface area contributed by atoms with Crippen molar-refractivity contribution in [3.05, 3.63) is 47.5 Å². The third-order valence-corrected chi connectivity index (χ3v) is 2.69. The molecule has 0 heterocycles. The van der Waals surface area contributed by atoms with Crippen LogP contribution in [0.2, 0.25) is 0 Å². The molecule has 0 heteroatoms. The van der Waals surface area contributed by atoms with Crippen molar-refractivity contribution in [2.45, 2.75) is 40.5 Å². The van der Waals surface area contributed by atoms with Gasteiger partial charge in [-0.1, -0.05) is 69.7 Å². The van der Waals surface area contributed by atoms with Crippen molar-refractivity contribution >= 4 is 10.8 Å². The Hall–Kier alpha value is -1.30. The van der Waals surface area contributed by atoms with E-state index in [-0.39, 0.29) is 0 Å². The third-order valence-electron chi connectivity index (χ3n) is 2.69. The Morgan fingerprint density at radius 3 is 2.00 bits per heavy atom. The lowest BCUT2D eigenvalue weighted by Crippen LogP contribution is -1.86. The van der Waals surface area contributed by atoms with E-state index in [2.05, 4.69) is 57.2 Å². The largest absolute Gasteiger partial charge is 0.0683 e. The van der Waals surface area contributed by atoms with Crippen LogP contribution in [-0.2, 0) is 0 Å². The highest BCUT2D eigenvalue weighted by Crippen LogP contribution is 2.21. The first-order valence-electron chi connectivity index (χ1n) is 6.17. The van der Waals surface area contributed by atoms with Gasteiger partial charge < -0.3 is 0 Å². The molecule has 0 aliphatic heterocycles. The van der Waals surface area contributed by atoms with Crippen LogP contribution in [0.3, 0.4) is 0 Å². The smallest absolute Gasteiger partial charge is 0.0181 e. The van der Waals surface area contributed by atoms with Crippen molar-refractivity contribution < 1.29 is 0 Å². The molecule has 0 saturated carbocycles. The first kappa shape index (κ1) is 12.8. The van der Waals surface area contributed by atoms with Crippen LogP contribution < -0.4 is 0 Å². The van der Waals surface area contributed by atoms with Crippen LogP contribution in [0.4, 0.5) is 0 Å². The average Bonchev–Trinajstić information content (AvgIpc) is 2.30. The van der Waals surface area contributed by atoms with Gasteiger partial charge in [0.15, 0.2) is 0 Å². The maximum Gasteiger partial charge on any atom is -0.0181 e. The van der Waals surface area contributed by atoms with Gasteiger partial charge in [-0.05, 0) is 29.2 Å². The summed E-state index contributed by atoms with van der Waals surface area (Å²) in [6.07, 6.45) is 0. The molecule has 16 heavy (non-hydrogen) atoms. The Labute approximate surface area is 99.3 Å². The molecule has 0 atom stereocenters. The van der Waals surface area contributed by atoms with E-state index < -0.39 is 0 Å². The quantitative estimate of drug-likeness (QED) is 0.604. The zero-order chi connectivity index (χ0) is 12.1. The second-order valence-corrected chi connectivity index (χ2v) is 4.26. The highest BCUT2D eigenvalue weighted by atomic mass is 14.0. The predicted octanol–water partition coefficient (Wildman–Crippen LogP) is 5.30. The van der Waals surface area contributed by atoms with Crippen molar-refractivity contribution in [2.24, 2.45) is 0 Å². The van der Waals surface area contributed by atoms with Crippen molar-refractivity contribution in [1.82, 2.24) is 0 Å². The van der Waals surface area contributed by atoms with Crippen molar-refractivity contribution in [3.8, 4) is 0 Å². The molecule has 2 rings (SSSR count). The van der Waals surface area contributed by atoms with Gasteiger partial charge in [-0.3, -0.25) is 0 Å². The fourth-order valence-electron chi connectivity index (χ4n) is 1.74. The number of benzene rings is 2. The zero-order valence-electron chi connectivity index (χ0n) is 11.0. The molecule has 86 valence electrons. The summed E-state index contributed by atoms with van der Waals surface area (Å²) in [7, 11) is 0. The highest BCUT2D eigenvalue weighted by molar-refractivity contribution is 5.83. The summed E-state index contributed by atoms with van der Waals surface area (Å²) < 4.78 is 0. The van der Waals surface area contributed by atoms with Crippen LogP contribution >= 0.6 is 0 Å². The van der Waals surface area contributed by atoms with Crippen LogP contribution in [0.15, 0.2) is 36.4 Å². The lowest BCUT2D eigenvalue weighted by Gasteiger charge is -2.07. The van der Waals surface area contributed by atoms with E-state index in [0.29, 0.717) is 5.92 Å². The second-order valence-electron chi connectivity index (χ2n) is 4.26. The van der Waals surface area contributed by atoms with E-state index in [0.717, 1.165) is 0 Å². The molecule has 0 aliphatic rings. The molecule has 0 spiro atoms. The first-order valence-corrected chi connectivity index (χ1v) is 6.17. The molecule has 0 unspecified atom stereocenters.